The van der Waals surface area contributed by atoms with Crippen molar-refractivity contribution < 1.29 is 4.74 Å². The molecule has 3 aromatic rings. The van der Waals surface area contributed by atoms with Crippen LogP contribution in [-0.2, 0) is 0 Å². The monoisotopic (exact) mass is 301 g/mol. The van der Waals surface area contributed by atoms with Crippen molar-refractivity contribution in [3.05, 3.63) is 84.1 Å². The van der Waals surface area contributed by atoms with Crippen LogP contribution in [0.2, 0.25) is 0 Å². The minimum absolute atomic E-state index is 0.631. The lowest BCUT2D eigenvalue weighted by atomic mass is 10.0. The predicted octanol–water partition coefficient (Wildman–Crippen LogP) is 5.32. The number of hydrogen-bond donors (Lipinski definition) is 0. The Labute approximate surface area is 137 Å². The Kier molecular flexibility index (Phi) is 4.85. The van der Waals surface area contributed by atoms with Gasteiger partial charge in [-0.05, 0) is 36.2 Å². The maximum absolute atomic E-state index is 5.81. The van der Waals surface area contributed by atoms with E-state index in [0.29, 0.717) is 6.61 Å². The maximum Gasteiger partial charge on any atom is 0.129 e. The average Bonchev–Trinajstić information content (AvgIpc) is 2.62. The quantitative estimate of drug-likeness (QED) is 0.595. The van der Waals surface area contributed by atoms with Gasteiger partial charge in [0.1, 0.15) is 5.75 Å². The summed E-state index contributed by atoms with van der Waals surface area (Å²) in [6, 6.07) is 22.3. The SMILES string of the molecule is CCOc1cccc(/C=C/c2ccccc2)c1-c1ccccn1. The van der Waals surface area contributed by atoms with Crippen LogP contribution in [0.15, 0.2) is 72.9 Å². The first-order chi connectivity index (χ1) is 11.4. The van der Waals surface area contributed by atoms with Gasteiger partial charge in [-0.3, -0.25) is 4.98 Å². The molecule has 2 nitrogen and oxygen atoms in total. The van der Waals surface area contributed by atoms with Crippen molar-refractivity contribution in [3.63, 3.8) is 0 Å². The third-order valence-electron chi connectivity index (χ3n) is 3.53. The van der Waals surface area contributed by atoms with Crippen molar-refractivity contribution in [1.29, 1.82) is 0 Å². The Morgan fingerprint density at radius 3 is 2.43 bits per heavy atom. The molecule has 1 aromatic heterocycles. The van der Waals surface area contributed by atoms with Crippen molar-refractivity contribution in [2.75, 3.05) is 6.61 Å². The van der Waals surface area contributed by atoms with Crippen LogP contribution < -0.4 is 4.74 Å². The van der Waals surface area contributed by atoms with Gasteiger partial charge in [-0.2, -0.15) is 0 Å². The molecule has 0 spiro atoms. The van der Waals surface area contributed by atoms with Crippen LogP contribution in [0.3, 0.4) is 0 Å². The van der Waals surface area contributed by atoms with Crippen LogP contribution in [-0.4, -0.2) is 11.6 Å². The predicted molar refractivity (Wildman–Crippen MR) is 96.2 cm³/mol. The van der Waals surface area contributed by atoms with E-state index in [4.69, 9.17) is 4.74 Å². The van der Waals surface area contributed by atoms with Crippen LogP contribution in [0.4, 0.5) is 0 Å². The summed E-state index contributed by atoms with van der Waals surface area (Å²) in [5.41, 5.74) is 4.21. The summed E-state index contributed by atoms with van der Waals surface area (Å²) < 4.78 is 5.81. The first-order valence-corrected chi connectivity index (χ1v) is 7.79. The topological polar surface area (TPSA) is 22.1 Å². The molecule has 1 heterocycles. The maximum atomic E-state index is 5.81. The largest absolute Gasteiger partial charge is 0.493 e. The molecular formula is C21H19NO. The van der Waals surface area contributed by atoms with E-state index in [0.717, 1.165) is 22.6 Å². The van der Waals surface area contributed by atoms with E-state index in [9.17, 15) is 0 Å². The summed E-state index contributed by atoms with van der Waals surface area (Å²) in [7, 11) is 0. The van der Waals surface area contributed by atoms with E-state index in [2.05, 4.69) is 35.3 Å². The normalized spacial score (nSPS) is 10.8. The van der Waals surface area contributed by atoms with Gasteiger partial charge in [-0.25, -0.2) is 0 Å². The molecule has 0 saturated heterocycles. The molecule has 114 valence electrons. The zero-order valence-corrected chi connectivity index (χ0v) is 13.1. The van der Waals surface area contributed by atoms with Gasteiger partial charge < -0.3 is 4.74 Å². The highest BCUT2D eigenvalue weighted by Crippen LogP contribution is 2.33. The van der Waals surface area contributed by atoms with E-state index in [1.165, 1.54) is 5.56 Å². The molecule has 0 N–H and O–H groups in total. The van der Waals surface area contributed by atoms with Crippen LogP contribution in [0.25, 0.3) is 23.4 Å². The number of pyridine rings is 1. The van der Waals surface area contributed by atoms with Gasteiger partial charge in [-0.1, -0.05) is 60.7 Å². The average molecular weight is 301 g/mol. The third-order valence-corrected chi connectivity index (χ3v) is 3.53. The molecule has 0 unspecified atom stereocenters. The summed E-state index contributed by atoms with van der Waals surface area (Å²) >= 11 is 0. The summed E-state index contributed by atoms with van der Waals surface area (Å²) in [5, 5.41) is 0. The van der Waals surface area contributed by atoms with Crippen molar-refractivity contribution in [2.45, 2.75) is 6.92 Å². The van der Waals surface area contributed by atoms with Crippen molar-refractivity contribution in [3.8, 4) is 17.0 Å². The van der Waals surface area contributed by atoms with Gasteiger partial charge in [0.15, 0.2) is 0 Å². The fourth-order valence-electron chi connectivity index (χ4n) is 2.50. The summed E-state index contributed by atoms with van der Waals surface area (Å²) in [6.07, 6.45) is 6.03. The van der Waals surface area contributed by atoms with E-state index >= 15 is 0 Å². The summed E-state index contributed by atoms with van der Waals surface area (Å²) in [5.74, 6) is 0.862. The molecule has 0 aliphatic carbocycles. The van der Waals surface area contributed by atoms with Crippen LogP contribution >= 0.6 is 0 Å². The van der Waals surface area contributed by atoms with Gasteiger partial charge in [0.25, 0.3) is 0 Å². The van der Waals surface area contributed by atoms with Crippen molar-refractivity contribution >= 4 is 12.2 Å². The molecule has 0 aliphatic heterocycles. The second-order valence-electron chi connectivity index (χ2n) is 5.11. The van der Waals surface area contributed by atoms with Gasteiger partial charge in [0.2, 0.25) is 0 Å². The second-order valence-corrected chi connectivity index (χ2v) is 5.11. The minimum Gasteiger partial charge on any atom is -0.493 e. The molecule has 2 aromatic carbocycles. The molecule has 0 aliphatic rings. The minimum atomic E-state index is 0.631. The van der Waals surface area contributed by atoms with E-state index in [1.807, 2.05) is 61.7 Å². The standard InChI is InChI=1S/C21H19NO/c1-2-23-20-13-8-11-18(15-14-17-9-4-3-5-10-17)21(20)19-12-6-7-16-22-19/h3-16H,2H2,1H3/b15-14+. The van der Waals surface area contributed by atoms with Crippen LogP contribution in [0.5, 0.6) is 5.75 Å². The van der Waals surface area contributed by atoms with Gasteiger partial charge >= 0.3 is 0 Å². The third kappa shape index (κ3) is 3.67. The van der Waals surface area contributed by atoms with Gasteiger partial charge in [0.05, 0.1) is 12.3 Å². The van der Waals surface area contributed by atoms with Gasteiger partial charge in [-0.15, -0.1) is 0 Å². The highest BCUT2D eigenvalue weighted by Gasteiger charge is 2.11. The highest BCUT2D eigenvalue weighted by molar-refractivity contribution is 5.83. The summed E-state index contributed by atoms with van der Waals surface area (Å²) in [6.45, 7) is 2.63. The fourth-order valence-corrected chi connectivity index (χ4v) is 2.50. The molecule has 2 heteroatoms. The van der Waals surface area contributed by atoms with Crippen molar-refractivity contribution in [1.82, 2.24) is 4.98 Å². The van der Waals surface area contributed by atoms with E-state index in [1.54, 1.807) is 0 Å². The first-order valence-electron chi connectivity index (χ1n) is 7.79. The number of nitrogens with zero attached hydrogens (tertiary/aromatic N) is 1. The smallest absolute Gasteiger partial charge is 0.129 e. The Morgan fingerprint density at radius 2 is 1.70 bits per heavy atom. The highest BCUT2D eigenvalue weighted by atomic mass is 16.5. The molecule has 0 fully saturated rings. The zero-order valence-electron chi connectivity index (χ0n) is 13.1. The number of ether oxygens (including phenoxy) is 1. The number of aromatic nitrogens is 1. The van der Waals surface area contributed by atoms with Crippen LogP contribution in [0, 0.1) is 0 Å². The molecule has 23 heavy (non-hydrogen) atoms. The van der Waals surface area contributed by atoms with Crippen molar-refractivity contribution in [2.24, 2.45) is 0 Å². The molecule has 0 amide bonds. The lowest BCUT2D eigenvalue weighted by Gasteiger charge is -2.12. The number of rotatable bonds is 5. The Morgan fingerprint density at radius 1 is 0.870 bits per heavy atom. The second kappa shape index (κ2) is 7.41. The lowest BCUT2D eigenvalue weighted by Crippen LogP contribution is -1.96. The Balaban J connectivity index is 2.06. The lowest BCUT2D eigenvalue weighted by molar-refractivity contribution is 0.341. The van der Waals surface area contributed by atoms with E-state index in [-0.39, 0.29) is 0 Å². The number of benzene rings is 2. The zero-order chi connectivity index (χ0) is 15.9. The molecule has 0 bridgehead atoms. The first kappa shape index (κ1) is 15.0. The molecule has 3 rings (SSSR count). The van der Waals surface area contributed by atoms with Gasteiger partial charge in [0, 0.05) is 11.8 Å². The van der Waals surface area contributed by atoms with E-state index < -0.39 is 0 Å². The fraction of sp³-hybridized carbons (Fsp3) is 0.0952. The summed E-state index contributed by atoms with van der Waals surface area (Å²) in [4.78, 5) is 4.49. The molecule has 0 radical (unpaired) electrons. The molecule has 0 atom stereocenters. The number of hydrogen-bond acceptors (Lipinski definition) is 2. The molecular weight excluding hydrogens is 282 g/mol. The Hall–Kier alpha value is -2.87. The molecule has 0 saturated carbocycles. The van der Waals surface area contributed by atoms with Crippen LogP contribution in [0.1, 0.15) is 18.1 Å². The Bertz CT molecular complexity index is 779.